The summed E-state index contributed by atoms with van der Waals surface area (Å²) in [6, 6.07) is 15.0. The van der Waals surface area contributed by atoms with E-state index in [1.165, 1.54) is 0 Å². The van der Waals surface area contributed by atoms with Gasteiger partial charge in [0.2, 0.25) is 0 Å². The molecule has 0 saturated heterocycles. The van der Waals surface area contributed by atoms with Crippen molar-refractivity contribution in [2.45, 2.75) is 6.54 Å². The topological polar surface area (TPSA) is 69.6 Å². The molecule has 7 heteroatoms. The Hall–Kier alpha value is -2.63. The Morgan fingerprint density at radius 3 is 2.64 bits per heavy atom. The van der Waals surface area contributed by atoms with E-state index >= 15 is 0 Å². The maximum absolute atomic E-state index is 6.22. The van der Waals surface area contributed by atoms with Crippen LogP contribution in [0.2, 0.25) is 10.0 Å². The molecule has 0 spiro atoms. The molecule has 0 aliphatic rings. The molecule has 4 rings (SSSR count). The van der Waals surface area contributed by atoms with Gasteiger partial charge in [-0.15, -0.1) is 0 Å². The first-order valence-electron chi connectivity index (χ1n) is 7.60. The van der Waals surface area contributed by atoms with Crippen LogP contribution >= 0.6 is 23.2 Å². The number of aromatic nitrogens is 4. The fraction of sp³-hybridized carbons (Fsp3) is 0.0556. The maximum atomic E-state index is 6.22. The molecule has 5 nitrogen and oxygen atoms in total. The average Bonchev–Trinajstić information content (AvgIpc) is 3.00. The Morgan fingerprint density at radius 1 is 1.00 bits per heavy atom. The fourth-order valence-electron chi connectivity index (χ4n) is 2.61. The second kappa shape index (κ2) is 6.35. The first-order valence-corrected chi connectivity index (χ1v) is 8.36. The summed E-state index contributed by atoms with van der Waals surface area (Å²) in [4.78, 5) is 8.90. The summed E-state index contributed by atoms with van der Waals surface area (Å²) in [6.07, 6.45) is 1.83. The Kier molecular flexibility index (Phi) is 4.03. The molecule has 0 radical (unpaired) electrons. The average molecular weight is 370 g/mol. The number of fused-ring (bicyclic) bond motifs is 1. The Bertz CT molecular complexity index is 1070. The van der Waals surface area contributed by atoms with Gasteiger partial charge in [0.15, 0.2) is 11.5 Å². The lowest BCUT2D eigenvalue weighted by Gasteiger charge is -2.03. The van der Waals surface area contributed by atoms with Crippen LogP contribution < -0.4 is 5.73 Å². The summed E-state index contributed by atoms with van der Waals surface area (Å²) in [5, 5.41) is 6.53. The van der Waals surface area contributed by atoms with Crippen LogP contribution in [-0.2, 0) is 6.54 Å². The van der Waals surface area contributed by atoms with Crippen LogP contribution in [0.15, 0.2) is 54.7 Å². The normalized spacial score (nSPS) is 11.1. The highest BCUT2D eigenvalue weighted by Crippen LogP contribution is 2.25. The van der Waals surface area contributed by atoms with Crippen molar-refractivity contribution in [1.29, 1.82) is 0 Å². The number of hydrogen-bond acceptors (Lipinski definition) is 4. The lowest BCUT2D eigenvalue weighted by molar-refractivity contribution is 0.693. The molecule has 0 bridgehead atoms. The lowest BCUT2D eigenvalue weighted by atomic mass is 10.2. The third kappa shape index (κ3) is 3.16. The van der Waals surface area contributed by atoms with Crippen LogP contribution in [0.1, 0.15) is 5.56 Å². The molecule has 2 aromatic carbocycles. The number of benzene rings is 2. The number of nitrogens with two attached hydrogens (primary N) is 1. The number of nitrogens with zero attached hydrogens (tertiary/aromatic N) is 4. The van der Waals surface area contributed by atoms with Gasteiger partial charge in [-0.05, 0) is 23.8 Å². The largest absolute Gasteiger partial charge is 0.383 e. The van der Waals surface area contributed by atoms with Crippen molar-refractivity contribution in [3.05, 3.63) is 70.3 Å². The van der Waals surface area contributed by atoms with Gasteiger partial charge in [0.1, 0.15) is 5.82 Å². The molecule has 2 aromatic heterocycles. The highest BCUT2D eigenvalue weighted by molar-refractivity contribution is 6.31. The maximum Gasteiger partial charge on any atom is 0.186 e. The summed E-state index contributed by atoms with van der Waals surface area (Å²) in [6.45, 7) is 0.530. The zero-order valence-corrected chi connectivity index (χ0v) is 14.5. The molecule has 2 heterocycles. The van der Waals surface area contributed by atoms with Gasteiger partial charge in [-0.2, -0.15) is 5.10 Å². The van der Waals surface area contributed by atoms with Crippen molar-refractivity contribution in [1.82, 2.24) is 19.7 Å². The summed E-state index contributed by atoms with van der Waals surface area (Å²) in [7, 11) is 0. The van der Waals surface area contributed by atoms with Crippen LogP contribution in [0.3, 0.4) is 0 Å². The third-order valence-corrected chi connectivity index (χ3v) is 4.43. The van der Waals surface area contributed by atoms with Crippen LogP contribution in [0, 0.1) is 0 Å². The smallest absolute Gasteiger partial charge is 0.186 e. The second-order valence-electron chi connectivity index (χ2n) is 5.60. The molecule has 0 aliphatic carbocycles. The summed E-state index contributed by atoms with van der Waals surface area (Å²) in [5.74, 6) is 0.876. The third-order valence-electron chi connectivity index (χ3n) is 3.83. The minimum absolute atomic E-state index is 0.380. The number of halogens is 2. The SMILES string of the molecule is Nc1nc(-c2cccc(Cl)c2)nc2nn(Cc3ccccc3Cl)cc12. The van der Waals surface area contributed by atoms with Gasteiger partial charge in [-0.25, -0.2) is 9.97 Å². The Morgan fingerprint density at radius 2 is 1.84 bits per heavy atom. The van der Waals surface area contributed by atoms with Crippen molar-refractivity contribution in [2.75, 3.05) is 5.73 Å². The van der Waals surface area contributed by atoms with Crippen LogP contribution in [0.5, 0.6) is 0 Å². The molecular weight excluding hydrogens is 357 g/mol. The monoisotopic (exact) mass is 369 g/mol. The minimum Gasteiger partial charge on any atom is -0.383 e. The number of rotatable bonds is 3. The number of anilines is 1. The minimum atomic E-state index is 0.380. The summed E-state index contributed by atoms with van der Waals surface area (Å²) in [5.41, 5.74) is 8.41. The van der Waals surface area contributed by atoms with E-state index in [1.807, 2.05) is 42.6 Å². The molecule has 25 heavy (non-hydrogen) atoms. The molecule has 2 N–H and O–H groups in total. The van der Waals surface area contributed by atoms with Gasteiger partial charge < -0.3 is 5.73 Å². The second-order valence-corrected chi connectivity index (χ2v) is 6.44. The zero-order chi connectivity index (χ0) is 17.4. The molecule has 4 aromatic rings. The highest BCUT2D eigenvalue weighted by Gasteiger charge is 2.12. The van der Waals surface area contributed by atoms with Crippen LogP contribution in [0.4, 0.5) is 5.82 Å². The van der Waals surface area contributed by atoms with Gasteiger partial charge in [-0.3, -0.25) is 4.68 Å². The lowest BCUT2D eigenvalue weighted by Crippen LogP contribution is -2.00. The van der Waals surface area contributed by atoms with E-state index in [-0.39, 0.29) is 0 Å². The molecule has 0 aliphatic heterocycles. The number of nitrogen functional groups attached to an aromatic ring is 1. The molecular formula is C18H13Cl2N5. The van der Waals surface area contributed by atoms with E-state index in [0.29, 0.717) is 39.3 Å². The van der Waals surface area contributed by atoms with Gasteiger partial charge >= 0.3 is 0 Å². The van der Waals surface area contributed by atoms with Crippen LogP contribution in [-0.4, -0.2) is 19.7 Å². The molecule has 0 saturated carbocycles. The van der Waals surface area contributed by atoms with E-state index in [9.17, 15) is 0 Å². The van der Waals surface area contributed by atoms with Crippen molar-refractivity contribution >= 4 is 40.1 Å². The van der Waals surface area contributed by atoms with E-state index in [1.54, 1.807) is 16.8 Å². The molecule has 0 fully saturated rings. The van der Waals surface area contributed by atoms with Crippen molar-refractivity contribution in [3.63, 3.8) is 0 Å². The van der Waals surface area contributed by atoms with Crippen LogP contribution in [0.25, 0.3) is 22.4 Å². The fourth-order valence-corrected chi connectivity index (χ4v) is 3.00. The van der Waals surface area contributed by atoms with Crippen molar-refractivity contribution < 1.29 is 0 Å². The molecule has 0 unspecified atom stereocenters. The zero-order valence-electron chi connectivity index (χ0n) is 13.0. The molecule has 124 valence electrons. The van der Waals surface area contributed by atoms with Gasteiger partial charge in [0.25, 0.3) is 0 Å². The van der Waals surface area contributed by atoms with E-state index < -0.39 is 0 Å². The standard InChI is InChI=1S/C18H13Cl2N5/c19-13-6-3-5-11(8-13)17-22-16(21)14-10-25(24-18(14)23-17)9-12-4-1-2-7-15(12)20/h1-8,10H,9H2,(H2,21,22,23,24). The molecule has 0 amide bonds. The van der Waals surface area contributed by atoms with E-state index in [4.69, 9.17) is 28.9 Å². The van der Waals surface area contributed by atoms with E-state index in [0.717, 1.165) is 11.1 Å². The Labute approximate surface area is 154 Å². The van der Waals surface area contributed by atoms with Crippen molar-refractivity contribution in [2.24, 2.45) is 0 Å². The summed E-state index contributed by atoms with van der Waals surface area (Å²) < 4.78 is 1.76. The van der Waals surface area contributed by atoms with Gasteiger partial charge in [0.05, 0.1) is 11.9 Å². The first-order chi connectivity index (χ1) is 12.1. The quantitative estimate of drug-likeness (QED) is 0.579. The predicted molar refractivity (Wildman–Crippen MR) is 101 cm³/mol. The van der Waals surface area contributed by atoms with Gasteiger partial charge in [0, 0.05) is 21.8 Å². The molecule has 0 atom stereocenters. The first kappa shape index (κ1) is 15.9. The predicted octanol–water partition coefficient (Wildman–Crippen LogP) is 4.43. The Balaban J connectivity index is 1.76. The summed E-state index contributed by atoms with van der Waals surface area (Å²) >= 11 is 12.3. The van der Waals surface area contributed by atoms with Crippen molar-refractivity contribution in [3.8, 4) is 11.4 Å². The number of hydrogen-bond donors (Lipinski definition) is 1. The highest BCUT2D eigenvalue weighted by atomic mass is 35.5. The van der Waals surface area contributed by atoms with Gasteiger partial charge in [-0.1, -0.05) is 53.5 Å². The van der Waals surface area contributed by atoms with E-state index in [2.05, 4.69) is 15.1 Å².